The second-order valence-electron chi connectivity index (χ2n) is 4.66. The highest BCUT2D eigenvalue weighted by molar-refractivity contribution is 5.88. The molecule has 0 aliphatic heterocycles. The predicted molar refractivity (Wildman–Crippen MR) is 73.1 cm³/mol. The van der Waals surface area contributed by atoms with Crippen LogP contribution in [-0.4, -0.2) is 16.4 Å². The Bertz CT molecular complexity index is 515. The average Bonchev–Trinajstić information content (AvgIpc) is 3.06. The molecule has 0 bridgehead atoms. The third-order valence-electron chi connectivity index (χ3n) is 3.29. The monoisotopic (exact) mass is 285 g/mol. The number of hydrogen-bond acceptors (Lipinski definition) is 4. The van der Waals surface area contributed by atoms with E-state index in [1.165, 1.54) is 6.07 Å². The summed E-state index contributed by atoms with van der Waals surface area (Å²) in [7, 11) is 0. The Hall–Kier alpha value is -1.66. The summed E-state index contributed by atoms with van der Waals surface area (Å²) in [5, 5.41) is 13.5. The van der Waals surface area contributed by atoms with Crippen LogP contribution in [0.25, 0.3) is 0 Å². The first-order chi connectivity index (χ1) is 8.44. The molecule has 1 aromatic rings. The number of rotatable bonds is 4. The van der Waals surface area contributed by atoms with Crippen molar-refractivity contribution in [3.63, 3.8) is 0 Å². The fourth-order valence-corrected chi connectivity index (χ4v) is 1.77. The number of carbonyl (C=O) groups excluding carboxylic acids is 1. The van der Waals surface area contributed by atoms with E-state index in [1.54, 1.807) is 19.1 Å². The van der Waals surface area contributed by atoms with Gasteiger partial charge in [-0.25, -0.2) is 0 Å². The lowest BCUT2D eigenvalue weighted by atomic mass is 10.1. The molecule has 0 atom stereocenters. The molecule has 1 aliphatic rings. The molecular weight excluding hydrogens is 270 g/mol. The first-order valence-electron chi connectivity index (χ1n) is 5.74. The highest BCUT2D eigenvalue weighted by Crippen LogP contribution is 2.32. The van der Waals surface area contributed by atoms with Crippen LogP contribution in [-0.2, 0) is 11.3 Å². The molecule has 6 nitrogen and oxygen atoms in total. The maximum Gasteiger partial charge on any atom is 0.272 e. The molecule has 7 heteroatoms. The van der Waals surface area contributed by atoms with Gasteiger partial charge in [-0.3, -0.25) is 14.9 Å². The maximum absolute atomic E-state index is 11.7. The Morgan fingerprint density at radius 3 is 2.68 bits per heavy atom. The van der Waals surface area contributed by atoms with E-state index in [0.717, 1.165) is 5.56 Å². The van der Waals surface area contributed by atoms with Gasteiger partial charge in [0.25, 0.3) is 5.69 Å². The van der Waals surface area contributed by atoms with E-state index in [4.69, 9.17) is 5.73 Å². The van der Waals surface area contributed by atoms with Gasteiger partial charge in [0.05, 0.1) is 10.5 Å². The van der Waals surface area contributed by atoms with Crippen molar-refractivity contribution in [3.8, 4) is 0 Å². The van der Waals surface area contributed by atoms with Crippen LogP contribution < -0.4 is 11.1 Å². The van der Waals surface area contributed by atoms with E-state index in [2.05, 4.69) is 5.32 Å². The van der Waals surface area contributed by atoms with Crippen molar-refractivity contribution in [2.45, 2.75) is 31.8 Å². The molecule has 0 unspecified atom stereocenters. The molecule has 0 radical (unpaired) electrons. The molecule has 1 fully saturated rings. The summed E-state index contributed by atoms with van der Waals surface area (Å²) < 4.78 is 0. The smallest absolute Gasteiger partial charge is 0.272 e. The highest BCUT2D eigenvalue weighted by Gasteiger charge is 2.45. The number of nitro benzene ring substituents is 1. The van der Waals surface area contributed by atoms with Crippen molar-refractivity contribution in [1.29, 1.82) is 0 Å². The average molecular weight is 286 g/mol. The lowest BCUT2D eigenvalue weighted by molar-refractivity contribution is -0.385. The van der Waals surface area contributed by atoms with Gasteiger partial charge in [-0.05, 0) is 25.3 Å². The quantitative estimate of drug-likeness (QED) is 0.646. The molecule has 0 aromatic heterocycles. The number of hydrogen-bond donors (Lipinski definition) is 2. The van der Waals surface area contributed by atoms with E-state index in [9.17, 15) is 14.9 Å². The van der Waals surface area contributed by atoms with Crippen LogP contribution in [0.15, 0.2) is 18.2 Å². The largest absolute Gasteiger partial charge is 0.350 e. The van der Waals surface area contributed by atoms with E-state index in [-0.39, 0.29) is 30.5 Å². The summed E-state index contributed by atoms with van der Waals surface area (Å²) in [5.74, 6) is -0.187. The molecule has 1 amide bonds. The van der Waals surface area contributed by atoms with Crippen molar-refractivity contribution in [1.82, 2.24) is 5.32 Å². The molecule has 0 saturated heterocycles. The van der Waals surface area contributed by atoms with E-state index >= 15 is 0 Å². The molecule has 0 heterocycles. The number of nitrogens with one attached hydrogen (secondary N) is 1. The lowest BCUT2D eigenvalue weighted by Gasteiger charge is -2.11. The van der Waals surface area contributed by atoms with Gasteiger partial charge < -0.3 is 11.1 Å². The normalized spacial score (nSPS) is 15.3. The van der Waals surface area contributed by atoms with Gasteiger partial charge in [-0.15, -0.1) is 12.4 Å². The van der Waals surface area contributed by atoms with E-state index in [0.29, 0.717) is 18.4 Å². The number of nitrogens with zero attached hydrogens (tertiary/aromatic N) is 1. The minimum absolute atomic E-state index is 0. The van der Waals surface area contributed by atoms with Crippen molar-refractivity contribution < 1.29 is 9.72 Å². The van der Waals surface area contributed by atoms with Crippen molar-refractivity contribution in [2.75, 3.05) is 0 Å². The summed E-state index contributed by atoms with van der Waals surface area (Å²) in [6.45, 7) is 1.94. The van der Waals surface area contributed by atoms with E-state index in [1.807, 2.05) is 0 Å². The molecular formula is C12H16ClN3O3. The molecule has 1 aliphatic carbocycles. The van der Waals surface area contributed by atoms with Crippen LogP contribution in [0.1, 0.15) is 24.0 Å². The summed E-state index contributed by atoms with van der Waals surface area (Å²) in [6.07, 6.45) is 1.40. The molecule has 1 saturated carbocycles. The predicted octanol–water partition coefficient (Wildman–Crippen LogP) is 1.43. The summed E-state index contributed by atoms with van der Waals surface area (Å²) >= 11 is 0. The van der Waals surface area contributed by atoms with Gasteiger partial charge >= 0.3 is 0 Å². The minimum atomic E-state index is -0.714. The van der Waals surface area contributed by atoms with Crippen molar-refractivity contribution >= 4 is 24.0 Å². The summed E-state index contributed by atoms with van der Waals surface area (Å²) in [6, 6.07) is 4.83. The van der Waals surface area contributed by atoms with Gasteiger partial charge in [0.1, 0.15) is 0 Å². The first-order valence-corrected chi connectivity index (χ1v) is 5.74. The van der Waals surface area contributed by atoms with Gasteiger partial charge in [0.2, 0.25) is 5.91 Å². The lowest BCUT2D eigenvalue weighted by Crippen LogP contribution is -2.42. The third kappa shape index (κ3) is 3.21. The van der Waals surface area contributed by atoms with Gasteiger partial charge in [0, 0.05) is 18.2 Å². The van der Waals surface area contributed by atoms with Gasteiger partial charge in [-0.2, -0.15) is 0 Å². The maximum atomic E-state index is 11.7. The molecule has 1 aromatic carbocycles. The topological polar surface area (TPSA) is 98.3 Å². The van der Waals surface area contributed by atoms with Gasteiger partial charge in [-0.1, -0.05) is 12.1 Å². The molecule has 2 rings (SSSR count). The molecule has 0 spiro atoms. The zero-order chi connectivity index (χ0) is 13.3. The first kappa shape index (κ1) is 15.4. The SMILES string of the molecule is Cc1c(CNC(=O)C2(N)CC2)cccc1[N+](=O)[O-].Cl. The Balaban J connectivity index is 0.00000180. The second kappa shape index (κ2) is 5.54. The van der Waals surface area contributed by atoms with Crippen LogP contribution in [0.3, 0.4) is 0 Å². The number of carbonyl (C=O) groups is 1. The Morgan fingerprint density at radius 1 is 1.53 bits per heavy atom. The molecule has 104 valence electrons. The molecule has 3 N–H and O–H groups in total. The fourth-order valence-electron chi connectivity index (χ4n) is 1.77. The highest BCUT2D eigenvalue weighted by atomic mass is 35.5. The van der Waals surface area contributed by atoms with Crippen LogP contribution in [0, 0.1) is 17.0 Å². The Kier molecular flexibility index (Phi) is 4.49. The fraction of sp³-hybridized carbons (Fsp3) is 0.417. The summed E-state index contributed by atoms with van der Waals surface area (Å²) in [5.41, 5.74) is 6.41. The number of benzene rings is 1. The van der Waals surface area contributed by atoms with Crippen molar-refractivity contribution in [2.24, 2.45) is 5.73 Å². The number of nitro groups is 1. The van der Waals surface area contributed by atoms with Crippen LogP contribution in [0.2, 0.25) is 0 Å². The third-order valence-corrected chi connectivity index (χ3v) is 3.29. The summed E-state index contributed by atoms with van der Waals surface area (Å²) in [4.78, 5) is 22.0. The minimum Gasteiger partial charge on any atom is -0.350 e. The van der Waals surface area contributed by atoms with Gasteiger partial charge in [0.15, 0.2) is 0 Å². The Labute approximate surface area is 116 Å². The number of amides is 1. The molecule has 19 heavy (non-hydrogen) atoms. The van der Waals surface area contributed by atoms with E-state index < -0.39 is 10.5 Å². The second-order valence-corrected chi connectivity index (χ2v) is 4.66. The zero-order valence-corrected chi connectivity index (χ0v) is 11.3. The standard InChI is InChI=1S/C12H15N3O3.ClH/c1-8-9(3-2-4-10(8)15(17)18)7-14-11(16)12(13)5-6-12;/h2-4H,5-7,13H2,1H3,(H,14,16);1H. The van der Waals surface area contributed by atoms with Crippen LogP contribution in [0.5, 0.6) is 0 Å². The van der Waals surface area contributed by atoms with Crippen molar-refractivity contribution in [3.05, 3.63) is 39.4 Å². The number of nitrogens with two attached hydrogens (primary N) is 1. The van der Waals surface area contributed by atoms with Crippen LogP contribution >= 0.6 is 12.4 Å². The Morgan fingerprint density at radius 2 is 2.16 bits per heavy atom. The van der Waals surface area contributed by atoms with Crippen LogP contribution in [0.4, 0.5) is 5.69 Å². The zero-order valence-electron chi connectivity index (χ0n) is 10.5. The number of halogens is 1.